The molecular weight excluding hydrogens is 240 g/mol. The summed E-state index contributed by atoms with van der Waals surface area (Å²) in [6, 6.07) is 0. The first-order chi connectivity index (χ1) is 9.16. The van der Waals surface area contributed by atoms with Crippen molar-refractivity contribution in [2.45, 2.75) is 39.0 Å². The Morgan fingerprint density at radius 3 is 2.68 bits per heavy atom. The van der Waals surface area contributed by atoms with Gasteiger partial charge in [0.25, 0.3) is 0 Å². The average molecular weight is 268 g/mol. The fraction of sp³-hybridized carbons (Fsp3) is 0.933. The summed E-state index contributed by atoms with van der Waals surface area (Å²) in [5, 5.41) is 6.46. The topological polar surface area (TPSA) is 50.4 Å². The molecule has 110 valence electrons. The monoisotopic (exact) mass is 268 g/mol. The van der Waals surface area contributed by atoms with Gasteiger partial charge in [0.2, 0.25) is 5.91 Å². The first-order valence-electron chi connectivity index (χ1n) is 7.64. The van der Waals surface area contributed by atoms with Crippen LogP contribution >= 0.6 is 0 Å². The number of rotatable bonds is 5. The molecular formula is C15H28N2O2. The molecule has 1 heterocycles. The first-order valence-corrected chi connectivity index (χ1v) is 7.64. The highest BCUT2D eigenvalue weighted by Crippen LogP contribution is 2.29. The Hall–Kier alpha value is -0.610. The van der Waals surface area contributed by atoms with Gasteiger partial charge in [-0.3, -0.25) is 4.79 Å². The zero-order valence-electron chi connectivity index (χ0n) is 12.3. The summed E-state index contributed by atoms with van der Waals surface area (Å²) >= 11 is 0. The molecule has 1 saturated heterocycles. The molecule has 1 aliphatic carbocycles. The van der Waals surface area contributed by atoms with Crippen LogP contribution in [0.15, 0.2) is 0 Å². The second-order valence-electron chi connectivity index (χ2n) is 6.48. The Morgan fingerprint density at radius 1 is 1.37 bits per heavy atom. The Morgan fingerprint density at radius 2 is 2.11 bits per heavy atom. The van der Waals surface area contributed by atoms with Crippen molar-refractivity contribution in [2.24, 2.45) is 17.3 Å². The maximum Gasteiger partial charge on any atom is 0.229 e. The summed E-state index contributed by atoms with van der Waals surface area (Å²) in [7, 11) is 1.68. The zero-order chi connectivity index (χ0) is 13.7. The van der Waals surface area contributed by atoms with Crippen LogP contribution in [-0.4, -0.2) is 39.3 Å². The lowest BCUT2D eigenvalue weighted by Crippen LogP contribution is -2.47. The Balaban J connectivity index is 1.79. The Labute approximate surface area is 116 Å². The van der Waals surface area contributed by atoms with E-state index in [1.807, 2.05) is 0 Å². The highest BCUT2D eigenvalue weighted by molar-refractivity contribution is 5.83. The van der Waals surface area contributed by atoms with E-state index in [9.17, 15) is 4.79 Å². The molecule has 0 aromatic rings. The van der Waals surface area contributed by atoms with Crippen LogP contribution in [-0.2, 0) is 9.53 Å². The van der Waals surface area contributed by atoms with Gasteiger partial charge in [-0.2, -0.15) is 0 Å². The lowest BCUT2D eigenvalue weighted by molar-refractivity contribution is -0.133. The molecule has 1 amide bonds. The van der Waals surface area contributed by atoms with Crippen molar-refractivity contribution in [3.05, 3.63) is 0 Å². The molecule has 0 aromatic heterocycles. The van der Waals surface area contributed by atoms with Gasteiger partial charge in [0, 0.05) is 20.2 Å². The van der Waals surface area contributed by atoms with Crippen LogP contribution in [0.25, 0.3) is 0 Å². The summed E-state index contributed by atoms with van der Waals surface area (Å²) in [4.78, 5) is 12.4. The maximum absolute atomic E-state index is 12.4. The van der Waals surface area contributed by atoms with Gasteiger partial charge < -0.3 is 15.4 Å². The molecule has 0 bridgehead atoms. The molecule has 2 rings (SSSR count). The van der Waals surface area contributed by atoms with Crippen LogP contribution in [0.3, 0.4) is 0 Å². The standard InChI is InChI=1S/C15H28N2O2/c1-12-3-5-13(6-4-12)9-17-14(18)15(11-19-2)7-8-16-10-15/h12-13,16H,3-11H2,1-2H3,(H,17,18). The normalized spacial score (nSPS) is 35.3. The van der Waals surface area contributed by atoms with Crippen molar-refractivity contribution >= 4 is 5.91 Å². The van der Waals surface area contributed by atoms with E-state index in [0.29, 0.717) is 12.5 Å². The van der Waals surface area contributed by atoms with E-state index >= 15 is 0 Å². The van der Waals surface area contributed by atoms with Crippen LogP contribution in [0.2, 0.25) is 0 Å². The fourth-order valence-electron chi connectivity index (χ4n) is 3.36. The van der Waals surface area contributed by atoms with Crippen LogP contribution < -0.4 is 10.6 Å². The molecule has 2 aliphatic rings. The summed E-state index contributed by atoms with van der Waals surface area (Å²) in [5.74, 6) is 1.72. The van der Waals surface area contributed by atoms with Gasteiger partial charge >= 0.3 is 0 Å². The molecule has 0 radical (unpaired) electrons. The van der Waals surface area contributed by atoms with E-state index in [0.717, 1.165) is 32.0 Å². The number of hydrogen-bond acceptors (Lipinski definition) is 3. The molecule has 2 N–H and O–H groups in total. The van der Waals surface area contributed by atoms with E-state index in [2.05, 4.69) is 17.6 Å². The van der Waals surface area contributed by atoms with Crippen molar-refractivity contribution in [1.29, 1.82) is 0 Å². The Kier molecular flexibility index (Phi) is 5.22. The minimum atomic E-state index is -0.337. The number of nitrogens with one attached hydrogen (secondary N) is 2. The molecule has 1 saturated carbocycles. The second-order valence-corrected chi connectivity index (χ2v) is 6.48. The third-order valence-electron chi connectivity index (χ3n) is 4.83. The molecule has 1 atom stereocenters. The van der Waals surface area contributed by atoms with Crippen LogP contribution in [0.1, 0.15) is 39.0 Å². The van der Waals surface area contributed by atoms with E-state index < -0.39 is 0 Å². The van der Waals surface area contributed by atoms with E-state index in [4.69, 9.17) is 4.74 Å². The van der Waals surface area contributed by atoms with Crippen LogP contribution in [0, 0.1) is 17.3 Å². The number of ether oxygens (including phenoxy) is 1. The summed E-state index contributed by atoms with van der Waals surface area (Å²) in [5.41, 5.74) is -0.337. The lowest BCUT2D eigenvalue weighted by atomic mass is 9.82. The van der Waals surface area contributed by atoms with Crippen molar-refractivity contribution in [3.8, 4) is 0 Å². The van der Waals surface area contributed by atoms with Gasteiger partial charge in [-0.25, -0.2) is 0 Å². The summed E-state index contributed by atoms with van der Waals surface area (Å²) in [6.07, 6.45) is 6.03. The third kappa shape index (κ3) is 3.69. The smallest absolute Gasteiger partial charge is 0.229 e. The molecule has 19 heavy (non-hydrogen) atoms. The number of amides is 1. The van der Waals surface area contributed by atoms with Gasteiger partial charge in [-0.15, -0.1) is 0 Å². The minimum Gasteiger partial charge on any atom is -0.384 e. The highest BCUT2D eigenvalue weighted by atomic mass is 16.5. The number of methoxy groups -OCH3 is 1. The molecule has 1 unspecified atom stereocenters. The zero-order valence-corrected chi connectivity index (χ0v) is 12.3. The van der Waals surface area contributed by atoms with E-state index in [-0.39, 0.29) is 11.3 Å². The van der Waals surface area contributed by atoms with Gasteiger partial charge in [0.05, 0.1) is 12.0 Å². The fourth-order valence-corrected chi connectivity index (χ4v) is 3.36. The van der Waals surface area contributed by atoms with Crippen molar-refractivity contribution in [3.63, 3.8) is 0 Å². The first kappa shape index (κ1) is 14.8. The Bertz CT molecular complexity index is 293. The molecule has 0 spiro atoms. The van der Waals surface area contributed by atoms with Crippen LogP contribution in [0.4, 0.5) is 0 Å². The maximum atomic E-state index is 12.4. The third-order valence-corrected chi connectivity index (χ3v) is 4.83. The van der Waals surface area contributed by atoms with Crippen molar-refractivity contribution in [1.82, 2.24) is 10.6 Å². The van der Waals surface area contributed by atoms with Crippen molar-refractivity contribution < 1.29 is 9.53 Å². The van der Waals surface area contributed by atoms with Gasteiger partial charge in [-0.05, 0) is 37.6 Å². The minimum absolute atomic E-state index is 0.179. The molecule has 2 fully saturated rings. The molecule has 4 nitrogen and oxygen atoms in total. The van der Waals surface area contributed by atoms with E-state index in [1.54, 1.807) is 7.11 Å². The second kappa shape index (κ2) is 6.71. The molecule has 0 aromatic carbocycles. The predicted octanol–water partition coefficient (Wildman–Crippen LogP) is 1.55. The van der Waals surface area contributed by atoms with Crippen molar-refractivity contribution in [2.75, 3.05) is 33.4 Å². The molecule has 1 aliphatic heterocycles. The quantitative estimate of drug-likeness (QED) is 0.795. The largest absolute Gasteiger partial charge is 0.384 e. The van der Waals surface area contributed by atoms with E-state index in [1.165, 1.54) is 25.7 Å². The summed E-state index contributed by atoms with van der Waals surface area (Å²) < 4.78 is 5.26. The van der Waals surface area contributed by atoms with Gasteiger partial charge in [0.15, 0.2) is 0 Å². The predicted molar refractivity (Wildman–Crippen MR) is 75.9 cm³/mol. The van der Waals surface area contributed by atoms with Gasteiger partial charge in [0.1, 0.15) is 0 Å². The highest BCUT2D eigenvalue weighted by Gasteiger charge is 2.41. The lowest BCUT2D eigenvalue weighted by Gasteiger charge is -2.29. The number of carbonyl (C=O) groups excluding carboxylic acids is 1. The summed E-state index contributed by atoms with van der Waals surface area (Å²) in [6.45, 7) is 5.35. The van der Waals surface area contributed by atoms with Gasteiger partial charge in [-0.1, -0.05) is 19.8 Å². The van der Waals surface area contributed by atoms with Crippen LogP contribution in [0.5, 0.6) is 0 Å². The average Bonchev–Trinajstić information content (AvgIpc) is 2.88. The SMILES string of the molecule is COCC1(C(=O)NCC2CCC(C)CC2)CCNC1. The molecule has 4 heteroatoms. The number of carbonyl (C=O) groups is 1. The number of hydrogen-bond donors (Lipinski definition) is 2.